The molecular formula is C31H45N6O12P. The van der Waals surface area contributed by atoms with E-state index in [4.69, 9.17) is 38.5 Å². The van der Waals surface area contributed by atoms with Crippen molar-refractivity contribution in [1.82, 2.24) is 19.7 Å². The van der Waals surface area contributed by atoms with Crippen LogP contribution in [0.3, 0.4) is 0 Å². The van der Waals surface area contributed by atoms with E-state index in [1.165, 1.54) is 23.6 Å². The van der Waals surface area contributed by atoms with Crippen LogP contribution in [-0.2, 0) is 62.1 Å². The number of nitrogens with one attached hydrogen (secondary N) is 1. The van der Waals surface area contributed by atoms with Crippen LogP contribution in [0.15, 0.2) is 18.5 Å². The molecule has 3 heterocycles. The number of nitriles is 1. The van der Waals surface area contributed by atoms with Gasteiger partial charge in [-0.3, -0.25) is 28.2 Å². The minimum absolute atomic E-state index is 0.0375. The maximum absolute atomic E-state index is 14.1. The number of nitrogen functional groups attached to an aromatic ring is 1. The number of carbonyl (C=O) groups is 4. The summed E-state index contributed by atoms with van der Waals surface area (Å²) in [6, 6.07) is 3.73. The summed E-state index contributed by atoms with van der Waals surface area (Å²) in [6.07, 6.45) is -1.86. The largest absolute Gasteiger partial charge is 0.464 e. The lowest BCUT2D eigenvalue weighted by Crippen LogP contribution is -2.45. The molecule has 0 aliphatic carbocycles. The van der Waals surface area contributed by atoms with Crippen molar-refractivity contribution in [1.29, 1.82) is 5.26 Å². The van der Waals surface area contributed by atoms with E-state index in [9.17, 15) is 29.0 Å². The van der Waals surface area contributed by atoms with Gasteiger partial charge in [-0.05, 0) is 45.7 Å². The highest BCUT2D eigenvalue weighted by atomic mass is 31.2. The third-order valence-electron chi connectivity index (χ3n) is 7.78. The smallest absolute Gasteiger partial charge is 0.409 e. The van der Waals surface area contributed by atoms with E-state index in [0.29, 0.717) is 5.52 Å². The Morgan fingerprint density at radius 2 is 1.78 bits per heavy atom. The van der Waals surface area contributed by atoms with Crippen LogP contribution in [0.2, 0.25) is 0 Å². The minimum atomic E-state index is -4.60. The van der Waals surface area contributed by atoms with Gasteiger partial charge in [-0.1, -0.05) is 26.7 Å². The summed E-state index contributed by atoms with van der Waals surface area (Å²) >= 11 is 0. The summed E-state index contributed by atoms with van der Waals surface area (Å²) in [5, 5.41) is 17.2. The number of ether oxygens (including phenoxy) is 5. The van der Waals surface area contributed by atoms with Crippen molar-refractivity contribution >= 4 is 43.0 Å². The first-order valence-corrected chi connectivity index (χ1v) is 17.5. The van der Waals surface area contributed by atoms with Gasteiger partial charge in [-0.25, -0.2) is 19.2 Å². The molecular weight excluding hydrogens is 679 g/mol. The number of hydrogen-bond acceptors (Lipinski definition) is 16. The van der Waals surface area contributed by atoms with Gasteiger partial charge in [0.15, 0.2) is 18.0 Å². The molecule has 0 saturated carbocycles. The predicted octanol–water partition coefficient (Wildman–Crippen LogP) is 2.94. The molecule has 0 radical (unpaired) electrons. The highest BCUT2D eigenvalue weighted by molar-refractivity contribution is 7.51. The van der Waals surface area contributed by atoms with Crippen LogP contribution in [0, 0.1) is 22.7 Å². The molecule has 19 heteroatoms. The van der Waals surface area contributed by atoms with Crippen molar-refractivity contribution in [3.8, 4) is 6.07 Å². The lowest BCUT2D eigenvalue weighted by molar-refractivity contribution is -0.166. The molecule has 1 fully saturated rings. The van der Waals surface area contributed by atoms with Crippen molar-refractivity contribution in [2.75, 3.05) is 25.7 Å². The molecule has 2 aromatic rings. The van der Waals surface area contributed by atoms with Crippen molar-refractivity contribution in [2.24, 2.45) is 11.3 Å². The Bertz CT molecular complexity index is 1630. The molecule has 0 spiro atoms. The first-order chi connectivity index (χ1) is 23.4. The van der Waals surface area contributed by atoms with Gasteiger partial charge in [0.25, 0.3) is 0 Å². The maximum Gasteiger partial charge on any atom is 0.409 e. The lowest BCUT2D eigenvalue weighted by atomic mass is 9.92. The molecule has 1 saturated heterocycles. The standard InChI is InChI=1S/C31H45N6O12P/c1-9-21(10-2)13-43-28(40)18(3)36-50(42,46-17-44-29(41)30(6,7)8)45-14-23-25(47-19(4)38)26(48-20(5)39)31(15-32,49-23)24-12-11-22-27(33)34-16-35-37(22)24/h11-12,16,18,21,23,25-26H,9-10,13-14,17H2,1-8H3,(H,36,42)(H2,33,34,35)/t18-,23+,25+,26+,31-,50+/m0/s1. The number of nitrogens with two attached hydrogens (primary N) is 1. The minimum Gasteiger partial charge on any atom is -0.464 e. The average molecular weight is 725 g/mol. The van der Waals surface area contributed by atoms with E-state index in [-0.39, 0.29) is 24.0 Å². The van der Waals surface area contributed by atoms with Gasteiger partial charge in [0, 0.05) is 13.8 Å². The monoisotopic (exact) mass is 724 g/mol. The van der Waals surface area contributed by atoms with Crippen LogP contribution in [0.5, 0.6) is 0 Å². The van der Waals surface area contributed by atoms with E-state index in [1.807, 2.05) is 19.9 Å². The summed E-state index contributed by atoms with van der Waals surface area (Å²) in [5.41, 5.74) is 3.22. The maximum atomic E-state index is 14.1. The first kappa shape index (κ1) is 40.3. The predicted molar refractivity (Wildman–Crippen MR) is 173 cm³/mol. The second kappa shape index (κ2) is 16.7. The quantitative estimate of drug-likeness (QED) is 0.109. The number of fused-ring (bicyclic) bond motifs is 1. The molecule has 1 aliphatic rings. The third-order valence-corrected chi connectivity index (χ3v) is 9.42. The fourth-order valence-electron chi connectivity index (χ4n) is 4.96. The molecule has 50 heavy (non-hydrogen) atoms. The van der Waals surface area contributed by atoms with E-state index in [0.717, 1.165) is 33.0 Å². The summed E-state index contributed by atoms with van der Waals surface area (Å²) < 4.78 is 54.2. The molecule has 6 atom stereocenters. The van der Waals surface area contributed by atoms with Crippen LogP contribution < -0.4 is 10.8 Å². The lowest BCUT2D eigenvalue weighted by Gasteiger charge is -2.28. The van der Waals surface area contributed by atoms with Crippen molar-refractivity contribution < 1.29 is 56.5 Å². The SMILES string of the molecule is CCC(CC)COC(=O)[C@H](C)N[P@](=O)(OCOC(=O)C(C)(C)C)OC[C@H]1O[C@@](C#N)(c2ccc3c(N)ncnn23)[C@H](OC(C)=O)[C@@H]1OC(C)=O. The van der Waals surface area contributed by atoms with Gasteiger partial charge in [0.2, 0.25) is 12.4 Å². The fraction of sp³-hybridized carbons (Fsp3) is 0.645. The van der Waals surface area contributed by atoms with Gasteiger partial charge in [-0.15, -0.1) is 0 Å². The van der Waals surface area contributed by atoms with Gasteiger partial charge >= 0.3 is 31.6 Å². The molecule has 1 aliphatic heterocycles. The number of aromatic nitrogens is 3. The first-order valence-electron chi connectivity index (χ1n) is 15.9. The molecule has 3 rings (SSSR count). The average Bonchev–Trinajstić information content (AvgIpc) is 3.60. The number of anilines is 1. The molecule has 276 valence electrons. The van der Waals surface area contributed by atoms with Crippen molar-refractivity contribution in [3.63, 3.8) is 0 Å². The van der Waals surface area contributed by atoms with Gasteiger partial charge in [-0.2, -0.15) is 10.4 Å². The molecule has 0 unspecified atom stereocenters. The molecule has 0 aromatic carbocycles. The van der Waals surface area contributed by atoms with E-state index >= 15 is 0 Å². The number of nitrogens with zero attached hydrogens (tertiary/aromatic N) is 4. The van der Waals surface area contributed by atoms with Crippen LogP contribution in [0.4, 0.5) is 5.82 Å². The Hall–Kier alpha value is -4.14. The van der Waals surface area contributed by atoms with Gasteiger partial charge in [0.1, 0.15) is 30.1 Å². The normalized spacial score (nSPS) is 22.4. The molecule has 0 bridgehead atoms. The Kier molecular flexibility index (Phi) is 13.5. The summed E-state index contributed by atoms with van der Waals surface area (Å²) in [4.78, 5) is 53.8. The third kappa shape index (κ3) is 9.55. The molecule has 2 aromatic heterocycles. The summed E-state index contributed by atoms with van der Waals surface area (Å²) in [6.45, 7) is 10.8. The van der Waals surface area contributed by atoms with Crippen LogP contribution in [-0.4, -0.2) is 82.8 Å². The van der Waals surface area contributed by atoms with Crippen LogP contribution in [0.25, 0.3) is 5.52 Å². The topological polar surface area (TPSA) is 242 Å². The van der Waals surface area contributed by atoms with Crippen LogP contribution in [0.1, 0.15) is 73.9 Å². The Morgan fingerprint density at radius 1 is 1.12 bits per heavy atom. The Balaban J connectivity index is 1.98. The number of esters is 4. The number of hydrogen-bond donors (Lipinski definition) is 2. The zero-order valence-corrected chi connectivity index (χ0v) is 30.3. The van der Waals surface area contributed by atoms with E-state index in [2.05, 4.69) is 15.2 Å². The molecule has 0 amide bonds. The second-order valence-electron chi connectivity index (χ2n) is 12.7. The summed E-state index contributed by atoms with van der Waals surface area (Å²) in [7, 11) is -4.60. The highest BCUT2D eigenvalue weighted by Gasteiger charge is 2.62. The van der Waals surface area contributed by atoms with Gasteiger partial charge < -0.3 is 29.4 Å². The number of rotatable bonds is 16. The Morgan fingerprint density at radius 3 is 2.36 bits per heavy atom. The summed E-state index contributed by atoms with van der Waals surface area (Å²) in [5.74, 6) is -2.92. The molecule has 3 N–H and O–H groups in total. The highest BCUT2D eigenvalue weighted by Crippen LogP contribution is 2.48. The Labute approximate surface area is 289 Å². The zero-order valence-electron chi connectivity index (χ0n) is 29.4. The fourth-order valence-corrected chi connectivity index (χ4v) is 6.30. The van der Waals surface area contributed by atoms with Crippen molar-refractivity contribution in [3.05, 3.63) is 24.2 Å². The van der Waals surface area contributed by atoms with Gasteiger partial charge in [0.05, 0.1) is 24.3 Å². The van der Waals surface area contributed by atoms with E-state index in [1.54, 1.807) is 20.8 Å². The second-order valence-corrected chi connectivity index (χ2v) is 14.4. The zero-order chi connectivity index (χ0) is 37.4. The number of carbonyl (C=O) groups excluding carboxylic acids is 4. The molecule has 18 nitrogen and oxygen atoms in total. The van der Waals surface area contributed by atoms with Crippen LogP contribution >= 0.6 is 7.75 Å². The van der Waals surface area contributed by atoms with E-state index < -0.39 is 80.4 Å². The van der Waals surface area contributed by atoms with Crippen molar-refractivity contribution in [2.45, 2.75) is 98.2 Å².